The molecule has 1 atom stereocenters. The van der Waals surface area contributed by atoms with E-state index in [1.54, 1.807) is 19.1 Å². The Balaban J connectivity index is 2.80. The highest BCUT2D eigenvalue weighted by Crippen LogP contribution is 2.44. The van der Waals surface area contributed by atoms with Crippen molar-refractivity contribution < 1.29 is 14.2 Å². The number of hydrogen-bond donors (Lipinski definition) is 4. The predicted octanol–water partition coefficient (Wildman–Crippen LogP) is 1.99. The molecule has 0 bridgehead atoms. The fourth-order valence-corrected chi connectivity index (χ4v) is 2.40. The Hall–Kier alpha value is -0.590. The van der Waals surface area contributed by atoms with Crippen LogP contribution < -0.4 is 4.72 Å². The van der Waals surface area contributed by atoms with Crippen LogP contribution in [0.3, 0.4) is 0 Å². The van der Waals surface area contributed by atoms with Crippen LogP contribution in [0.15, 0.2) is 29.2 Å². The molecule has 0 aromatic heterocycles. The molecule has 1 aromatic carbocycles. The van der Waals surface area contributed by atoms with E-state index in [0.717, 1.165) is 5.56 Å². The number of aliphatic hydroxyl groups is 1. The van der Waals surface area contributed by atoms with Crippen molar-refractivity contribution in [3.05, 3.63) is 29.8 Å². The fraction of sp³-hybridized carbons (Fsp3) is 0.400. The Kier molecular flexibility index (Phi) is 4.12. The molecule has 1 unspecified atom stereocenters. The summed E-state index contributed by atoms with van der Waals surface area (Å²) in [6.45, 7) is 3.48. The molecule has 4 N–H and O–H groups in total. The van der Waals surface area contributed by atoms with Crippen molar-refractivity contribution in [3.63, 3.8) is 0 Å². The van der Waals surface area contributed by atoms with Gasteiger partial charge in [-0.2, -0.15) is 0 Å². The van der Waals surface area contributed by atoms with Crippen LogP contribution in [0.25, 0.3) is 0 Å². The SMILES string of the molecule is Cc1ccc(S(O)(O)NC(C)CO)cc1. The maximum Gasteiger partial charge on any atom is 0.0750 e. The van der Waals surface area contributed by atoms with Crippen LogP contribution in [-0.2, 0) is 0 Å². The molecule has 1 aromatic rings. The van der Waals surface area contributed by atoms with Crippen LogP contribution in [0.1, 0.15) is 12.5 Å². The summed E-state index contributed by atoms with van der Waals surface area (Å²) in [6.07, 6.45) is 0. The van der Waals surface area contributed by atoms with E-state index in [2.05, 4.69) is 4.72 Å². The largest absolute Gasteiger partial charge is 0.395 e. The molecule has 0 radical (unpaired) electrons. The highest BCUT2D eigenvalue weighted by molar-refractivity contribution is 8.22. The summed E-state index contributed by atoms with van der Waals surface area (Å²) in [5.41, 5.74) is 1.06. The number of aliphatic hydroxyl groups excluding tert-OH is 1. The first-order valence-electron chi connectivity index (χ1n) is 4.69. The van der Waals surface area contributed by atoms with E-state index in [4.69, 9.17) is 5.11 Å². The highest BCUT2D eigenvalue weighted by Gasteiger charge is 2.17. The first-order chi connectivity index (χ1) is 6.95. The van der Waals surface area contributed by atoms with Gasteiger partial charge in [0.15, 0.2) is 0 Å². The number of hydrogen-bond acceptors (Lipinski definition) is 4. The Labute approximate surface area is 91.4 Å². The van der Waals surface area contributed by atoms with E-state index in [-0.39, 0.29) is 12.6 Å². The molecule has 0 aliphatic rings. The lowest BCUT2D eigenvalue weighted by atomic mass is 10.2. The van der Waals surface area contributed by atoms with Crippen LogP contribution in [0.5, 0.6) is 0 Å². The molecule has 0 heterocycles. The van der Waals surface area contributed by atoms with Gasteiger partial charge in [0.05, 0.1) is 11.5 Å². The third-order valence-corrected chi connectivity index (χ3v) is 3.65. The minimum atomic E-state index is -3.00. The molecule has 1 rings (SSSR count). The van der Waals surface area contributed by atoms with E-state index >= 15 is 0 Å². The maximum atomic E-state index is 9.79. The van der Waals surface area contributed by atoms with Gasteiger partial charge in [-0.05, 0) is 26.0 Å². The molecule has 0 spiro atoms. The van der Waals surface area contributed by atoms with Gasteiger partial charge in [-0.25, -0.2) is 4.72 Å². The van der Waals surface area contributed by atoms with Gasteiger partial charge in [0.1, 0.15) is 0 Å². The first-order valence-corrected chi connectivity index (χ1v) is 6.23. The molecule has 86 valence electrons. The first kappa shape index (κ1) is 12.5. The van der Waals surface area contributed by atoms with Gasteiger partial charge in [0.2, 0.25) is 0 Å². The lowest BCUT2D eigenvalue weighted by molar-refractivity contribution is 0.262. The fourth-order valence-electron chi connectivity index (χ4n) is 1.11. The lowest BCUT2D eigenvalue weighted by Gasteiger charge is -2.35. The zero-order chi connectivity index (χ0) is 11.5. The van der Waals surface area contributed by atoms with Crippen LogP contribution in [-0.4, -0.2) is 26.9 Å². The number of nitrogens with one attached hydrogen (secondary N) is 1. The van der Waals surface area contributed by atoms with Crippen LogP contribution in [0, 0.1) is 6.92 Å². The molecular formula is C10H17NO3S. The lowest BCUT2D eigenvalue weighted by Crippen LogP contribution is -2.32. The van der Waals surface area contributed by atoms with Gasteiger partial charge in [-0.1, -0.05) is 17.7 Å². The molecule has 15 heavy (non-hydrogen) atoms. The standard InChI is InChI=1S/C10H17NO3S/c1-8-3-5-10(6-4-8)15(13,14)11-9(2)7-12/h3-6,9,11-14H,7H2,1-2H3. The molecule has 0 saturated heterocycles. The van der Waals surface area contributed by atoms with Crippen molar-refractivity contribution in [1.82, 2.24) is 4.72 Å². The number of aryl methyl sites for hydroxylation is 1. The summed E-state index contributed by atoms with van der Waals surface area (Å²) in [6, 6.07) is 6.61. The summed E-state index contributed by atoms with van der Waals surface area (Å²) in [5, 5.41) is 8.82. The summed E-state index contributed by atoms with van der Waals surface area (Å²) in [4.78, 5) is 0.438. The zero-order valence-corrected chi connectivity index (χ0v) is 9.66. The van der Waals surface area contributed by atoms with Crippen molar-refractivity contribution in [1.29, 1.82) is 0 Å². The second-order valence-corrected chi connectivity index (χ2v) is 5.37. The summed E-state index contributed by atoms with van der Waals surface area (Å²) < 4.78 is 22.2. The van der Waals surface area contributed by atoms with Crippen molar-refractivity contribution in [3.8, 4) is 0 Å². The topological polar surface area (TPSA) is 72.7 Å². The Morgan fingerprint density at radius 3 is 2.27 bits per heavy atom. The minimum Gasteiger partial charge on any atom is -0.395 e. The minimum absolute atomic E-state index is 0.137. The third-order valence-electron chi connectivity index (χ3n) is 1.99. The smallest absolute Gasteiger partial charge is 0.0750 e. The summed E-state index contributed by atoms with van der Waals surface area (Å²) >= 11 is 0. The third kappa shape index (κ3) is 3.48. The van der Waals surface area contributed by atoms with E-state index in [1.807, 2.05) is 19.1 Å². The van der Waals surface area contributed by atoms with E-state index in [1.165, 1.54) is 0 Å². The highest BCUT2D eigenvalue weighted by atomic mass is 32.3. The quantitative estimate of drug-likeness (QED) is 0.639. The van der Waals surface area contributed by atoms with Crippen LogP contribution in [0.4, 0.5) is 0 Å². The Morgan fingerprint density at radius 1 is 1.27 bits per heavy atom. The molecule has 5 heteroatoms. The van der Waals surface area contributed by atoms with Crippen molar-refractivity contribution in [2.45, 2.75) is 24.8 Å². The van der Waals surface area contributed by atoms with Gasteiger partial charge >= 0.3 is 0 Å². The summed E-state index contributed by atoms with van der Waals surface area (Å²) in [5.74, 6) is 0. The molecular weight excluding hydrogens is 214 g/mol. The van der Waals surface area contributed by atoms with Crippen LogP contribution in [0.2, 0.25) is 0 Å². The molecule has 0 amide bonds. The molecule has 0 aliphatic carbocycles. The average molecular weight is 231 g/mol. The van der Waals surface area contributed by atoms with E-state index < -0.39 is 10.8 Å². The Morgan fingerprint density at radius 2 is 1.80 bits per heavy atom. The zero-order valence-electron chi connectivity index (χ0n) is 8.84. The normalized spacial score (nSPS) is 15.0. The molecule has 0 fully saturated rings. The Bertz CT molecular complexity index is 313. The molecule has 4 nitrogen and oxygen atoms in total. The molecule has 0 aliphatic heterocycles. The number of rotatable bonds is 4. The average Bonchev–Trinajstić information content (AvgIpc) is 2.17. The molecule has 0 saturated carbocycles. The van der Waals surface area contributed by atoms with E-state index in [9.17, 15) is 9.11 Å². The van der Waals surface area contributed by atoms with Crippen molar-refractivity contribution in [2.75, 3.05) is 6.61 Å². The monoisotopic (exact) mass is 231 g/mol. The van der Waals surface area contributed by atoms with Crippen molar-refractivity contribution in [2.24, 2.45) is 0 Å². The van der Waals surface area contributed by atoms with Gasteiger partial charge in [0, 0.05) is 6.04 Å². The van der Waals surface area contributed by atoms with Gasteiger partial charge in [-0.15, -0.1) is 10.8 Å². The predicted molar refractivity (Wildman–Crippen MR) is 62.0 cm³/mol. The van der Waals surface area contributed by atoms with Crippen LogP contribution >= 0.6 is 10.8 Å². The van der Waals surface area contributed by atoms with E-state index in [0.29, 0.717) is 4.90 Å². The summed E-state index contributed by atoms with van der Waals surface area (Å²) in [7, 11) is -3.00. The van der Waals surface area contributed by atoms with Crippen molar-refractivity contribution >= 4 is 10.8 Å². The maximum absolute atomic E-state index is 9.79. The second kappa shape index (κ2) is 4.96. The number of benzene rings is 1. The van der Waals surface area contributed by atoms with Gasteiger partial charge in [0.25, 0.3) is 0 Å². The second-order valence-electron chi connectivity index (χ2n) is 3.56. The van der Waals surface area contributed by atoms with Gasteiger partial charge in [-0.3, -0.25) is 9.11 Å². The van der Waals surface area contributed by atoms with Gasteiger partial charge < -0.3 is 5.11 Å².